The van der Waals surface area contributed by atoms with Gasteiger partial charge in [-0.25, -0.2) is 0 Å². The molecule has 0 saturated carbocycles. The molecule has 0 bridgehead atoms. The second-order valence-electron chi connectivity index (χ2n) is 4.72. The Kier molecular flexibility index (Phi) is 4.08. The number of ether oxygens (including phenoxy) is 1. The van der Waals surface area contributed by atoms with Crippen LogP contribution in [0.4, 0.5) is 5.69 Å². The lowest BCUT2D eigenvalue weighted by Crippen LogP contribution is -2.15. The van der Waals surface area contributed by atoms with Gasteiger partial charge in [-0.3, -0.25) is 0 Å². The number of rotatable bonds is 4. The van der Waals surface area contributed by atoms with Crippen molar-refractivity contribution < 1.29 is 4.74 Å². The number of hydrogen-bond acceptors (Lipinski definition) is 2. The highest BCUT2D eigenvalue weighted by Crippen LogP contribution is 2.23. The van der Waals surface area contributed by atoms with Crippen LogP contribution in [-0.4, -0.2) is 13.7 Å². The van der Waals surface area contributed by atoms with Gasteiger partial charge in [0.05, 0.1) is 7.11 Å². The van der Waals surface area contributed by atoms with Crippen molar-refractivity contribution in [3.63, 3.8) is 0 Å². The van der Waals surface area contributed by atoms with Crippen molar-refractivity contribution in [2.24, 2.45) is 5.92 Å². The Labute approximate surface area is 104 Å². The summed E-state index contributed by atoms with van der Waals surface area (Å²) >= 11 is 0. The summed E-state index contributed by atoms with van der Waals surface area (Å²) in [5.74, 6) is 1.73. The highest BCUT2D eigenvalue weighted by atomic mass is 16.5. The monoisotopic (exact) mass is 231 g/mol. The molecule has 1 aliphatic rings. The molecule has 2 heteroatoms. The third kappa shape index (κ3) is 3.26. The summed E-state index contributed by atoms with van der Waals surface area (Å²) in [5.41, 5.74) is 2.37. The lowest BCUT2D eigenvalue weighted by Gasteiger charge is -2.19. The number of methoxy groups -OCH3 is 1. The van der Waals surface area contributed by atoms with Crippen molar-refractivity contribution in [3.8, 4) is 5.75 Å². The first-order valence-corrected chi connectivity index (χ1v) is 6.33. The Hall–Kier alpha value is -1.44. The average Bonchev–Trinajstić information content (AvgIpc) is 2.38. The highest BCUT2D eigenvalue weighted by Gasteiger charge is 2.09. The van der Waals surface area contributed by atoms with Gasteiger partial charge >= 0.3 is 0 Å². The van der Waals surface area contributed by atoms with Crippen molar-refractivity contribution >= 4 is 5.69 Å². The molecule has 1 aromatic carbocycles. The van der Waals surface area contributed by atoms with Crippen molar-refractivity contribution in [1.82, 2.24) is 0 Å². The molecule has 0 radical (unpaired) electrons. The molecular formula is C15H21NO. The summed E-state index contributed by atoms with van der Waals surface area (Å²) in [5, 5.41) is 3.52. The molecule has 2 nitrogen and oxygen atoms in total. The highest BCUT2D eigenvalue weighted by molar-refractivity contribution is 5.50. The molecule has 0 fully saturated rings. The fourth-order valence-electron chi connectivity index (χ4n) is 2.29. The van der Waals surface area contributed by atoms with Crippen LogP contribution in [0.15, 0.2) is 30.4 Å². The van der Waals surface area contributed by atoms with Gasteiger partial charge < -0.3 is 10.1 Å². The van der Waals surface area contributed by atoms with Crippen LogP contribution >= 0.6 is 0 Å². The molecule has 0 spiro atoms. The van der Waals surface area contributed by atoms with Gasteiger partial charge in [-0.2, -0.15) is 0 Å². The Balaban J connectivity index is 1.90. The van der Waals surface area contributed by atoms with Gasteiger partial charge in [-0.15, -0.1) is 0 Å². The SMILES string of the molecule is COc1ccc(NCC2CC=CCC2)cc1C. The van der Waals surface area contributed by atoms with Gasteiger partial charge in [-0.05, 0) is 55.9 Å². The van der Waals surface area contributed by atoms with E-state index >= 15 is 0 Å². The van der Waals surface area contributed by atoms with E-state index in [1.807, 2.05) is 6.07 Å². The molecule has 1 aliphatic carbocycles. The molecule has 1 N–H and O–H groups in total. The molecule has 17 heavy (non-hydrogen) atoms. The van der Waals surface area contributed by atoms with Gasteiger partial charge in [0.25, 0.3) is 0 Å². The second kappa shape index (κ2) is 5.76. The number of aryl methyl sites for hydroxylation is 1. The van der Waals surface area contributed by atoms with Crippen molar-refractivity contribution in [2.45, 2.75) is 26.2 Å². The molecule has 0 aliphatic heterocycles. The molecule has 2 rings (SSSR count). The smallest absolute Gasteiger partial charge is 0.121 e. The van der Waals surface area contributed by atoms with E-state index in [4.69, 9.17) is 4.74 Å². The van der Waals surface area contributed by atoms with Crippen LogP contribution in [0, 0.1) is 12.8 Å². The predicted octanol–water partition coefficient (Wildman–Crippen LogP) is 3.77. The molecule has 0 amide bonds. The molecule has 0 heterocycles. The first-order valence-electron chi connectivity index (χ1n) is 6.33. The zero-order chi connectivity index (χ0) is 12.1. The van der Waals surface area contributed by atoms with Gasteiger partial charge in [0.2, 0.25) is 0 Å². The lowest BCUT2D eigenvalue weighted by molar-refractivity contribution is 0.412. The first kappa shape index (κ1) is 12.0. The largest absolute Gasteiger partial charge is 0.496 e. The Bertz CT molecular complexity index is 398. The van der Waals surface area contributed by atoms with Crippen molar-refractivity contribution in [3.05, 3.63) is 35.9 Å². The third-order valence-electron chi connectivity index (χ3n) is 3.37. The van der Waals surface area contributed by atoms with Crippen LogP contribution in [0.2, 0.25) is 0 Å². The van der Waals surface area contributed by atoms with E-state index in [0.29, 0.717) is 0 Å². The van der Waals surface area contributed by atoms with Crippen molar-refractivity contribution in [1.29, 1.82) is 0 Å². The van der Waals surface area contributed by atoms with Crippen LogP contribution in [0.5, 0.6) is 5.75 Å². The van der Waals surface area contributed by atoms with E-state index in [2.05, 4.69) is 36.5 Å². The summed E-state index contributed by atoms with van der Waals surface area (Å²) in [4.78, 5) is 0. The summed E-state index contributed by atoms with van der Waals surface area (Å²) in [6, 6.07) is 6.26. The minimum Gasteiger partial charge on any atom is -0.496 e. The number of benzene rings is 1. The van der Waals surface area contributed by atoms with E-state index in [1.165, 1.54) is 30.5 Å². The third-order valence-corrected chi connectivity index (χ3v) is 3.37. The minimum absolute atomic E-state index is 0.780. The van der Waals surface area contributed by atoms with Crippen LogP contribution in [0.25, 0.3) is 0 Å². The summed E-state index contributed by atoms with van der Waals surface area (Å²) in [7, 11) is 1.71. The van der Waals surface area contributed by atoms with Crippen LogP contribution < -0.4 is 10.1 Å². The van der Waals surface area contributed by atoms with Gasteiger partial charge in [-0.1, -0.05) is 12.2 Å². The van der Waals surface area contributed by atoms with Gasteiger partial charge in [0.15, 0.2) is 0 Å². The fraction of sp³-hybridized carbons (Fsp3) is 0.467. The van der Waals surface area contributed by atoms with Crippen molar-refractivity contribution in [2.75, 3.05) is 19.0 Å². The second-order valence-corrected chi connectivity index (χ2v) is 4.72. The normalized spacial score (nSPS) is 19.1. The molecule has 92 valence electrons. The zero-order valence-electron chi connectivity index (χ0n) is 10.7. The minimum atomic E-state index is 0.780. The first-order chi connectivity index (χ1) is 8.29. The van der Waals surface area contributed by atoms with E-state index in [0.717, 1.165) is 18.2 Å². The molecular weight excluding hydrogens is 210 g/mol. The number of allylic oxidation sites excluding steroid dienone is 2. The van der Waals surface area contributed by atoms with E-state index in [1.54, 1.807) is 7.11 Å². The molecule has 0 saturated heterocycles. The Morgan fingerprint density at radius 2 is 2.24 bits per heavy atom. The fourth-order valence-corrected chi connectivity index (χ4v) is 2.29. The topological polar surface area (TPSA) is 21.3 Å². The molecule has 0 aromatic heterocycles. The maximum absolute atomic E-state index is 5.26. The van der Waals surface area contributed by atoms with Crippen LogP contribution in [-0.2, 0) is 0 Å². The molecule has 1 unspecified atom stereocenters. The van der Waals surface area contributed by atoms with Crippen LogP contribution in [0.1, 0.15) is 24.8 Å². The summed E-state index contributed by atoms with van der Waals surface area (Å²) in [6.07, 6.45) is 8.33. The van der Waals surface area contributed by atoms with E-state index in [9.17, 15) is 0 Å². The maximum atomic E-state index is 5.26. The number of anilines is 1. The lowest BCUT2D eigenvalue weighted by atomic mass is 9.94. The predicted molar refractivity (Wildman–Crippen MR) is 72.7 cm³/mol. The zero-order valence-corrected chi connectivity index (χ0v) is 10.7. The van der Waals surface area contributed by atoms with Gasteiger partial charge in [0, 0.05) is 12.2 Å². The van der Waals surface area contributed by atoms with E-state index < -0.39 is 0 Å². The summed E-state index contributed by atoms with van der Waals surface area (Å²) in [6.45, 7) is 3.14. The number of hydrogen-bond donors (Lipinski definition) is 1. The Morgan fingerprint density at radius 1 is 1.35 bits per heavy atom. The molecule has 1 atom stereocenters. The van der Waals surface area contributed by atoms with Crippen LogP contribution in [0.3, 0.4) is 0 Å². The maximum Gasteiger partial charge on any atom is 0.121 e. The summed E-state index contributed by atoms with van der Waals surface area (Å²) < 4.78 is 5.26. The van der Waals surface area contributed by atoms with Gasteiger partial charge in [0.1, 0.15) is 5.75 Å². The van der Waals surface area contributed by atoms with E-state index in [-0.39, 0.29) is 0 Å². The average molecular weight is 231 g/mol. The number of nitrogens with one attached hydrogen (secondary N) is 1. The quantitative estimate of drug-likeness (QED) is 0.796. The standard InChI is InChI=1S/C15H21NO/c1-12-10-14(8-9-15(12)17-2)16-11-13-6-4-3-5-7-13/h3-4,8-10,13,16H,5-7,11H2,1-2H3. The Morgan fingerprint density at radius 3 is 2.88 bits per heavy atom. The molecule has 1 aromatic rings.